The summed E-state index contributed by atoms with van der Waals surface area (Å²) in [4.78, 5) is 44.5. The molecular formula is C26H33ClN2O5S. The SMILES string of the molecule is C=CCN(C(=O)C1N(CCCCCO)C(=O)[C@@H]2[C@@H](C(=O)OCC)[C@H]3CCC12S3)c1ccc(Cl)cc1. The Balaban J connectivity index is 1.72. The maximum absolute atomic E-state index is 14.3. The minimum atomic E-state index is -0.681. The molecule has 1 aromatic carbocycles. The fourth-order valence-electron chi connectivity index (χ4n) is 5.97. The number of aliphatic hydroxyl groups is 1. The zero-order valence-corrected chi connectivity index (χ0v) is 21.6. The van der Waals surface area contributed by atoms with Crippen molar-refractivity contribution in [2.75, 3.05) is 31.2 Å². The molecule has 0 aliphatic carbocycles. The van der Waals surface area contributed by atoms with Crippen LogP contribution in [0, 0.1) is 11.8 Å². The number of hydrogen-bond acceptors (Lipinski definition) is 6. The standard InChI is InChI=1S/C26H33ClN2O5S/c1-3-14-28(18-10-8-17(27)9-11-18)24(32)22-26-13-12-19(35-26)20(25(33)34-4-2)21(26)23(31)29(22)15-6-5-7-16-30/h3,8-11,19-22,30H,1,4-7,12-16H2,2H3/t19-,20+,21+,22?,26?/m1/s1. The highest BCUT2D eigenvalue weighted by Gasteiger charge is 2.74. The van der Waals surface area contributed by atoms with Gasteiger partial charge < -0.3 is 19.6 Å². The van der Waals surface area contributed by atoms with Crippen LogP contribution in [0.1, 0.15) is 39.0 Å². The number of rotatable bonds is 11. The minimum Gasteiger partial charge on any atom is -0.466 e. The number of aliphatic hydroxyl groups excluding tert-OH is 1. The van der Waals surface area contributed by atoms with Gasteiger partial charge in [-0.25, -0.2) is 0 Å². The number of fused-ring (bicyclic) bond motifs is 1. The summed E-state index contributed by atoms with van der Waals surface area (Å²) in [6.45, 7) is 6.66. The van der Waals surface area contributed by atoms with Gasteiger partial charge in [-0.3, -0.25) is 14.4 Å². The van der Waals surface area contributed by atoms with E-state index in [0.29, 0.717) is 43.1 Å². The number of benzene rings is 1. The van der Waals surface area contributed by atoms with E-state index in [1.807, 2.05) is 0 Å². The van der Waals surface area contributed by atoms with Crippen LogP contribution in [-0.4, -0.2) is 70.1 Å². The number of hydrogen-bond donors (Lipinski definition) is 1. The molecule has 9 heteroatoms. The van der Waals surface area contributed by atoms with Gasteiger partial charge in [0.2, 0.25) is 5.91 Å². The van der Waals surface area contributed by atoms with E-state index in [2.05, 4.69) is 6.58 Å². The van der Waals surface area contributed by atoms with E-state index in [-0.39, 0.29) is 36.2 Å². The molecule has 3 aliphatic heterocycles. The quantitative estimate of drug-likeness (QED) is 0.272. The number of anilines is 1. The van der Waals surface area contributed by atoms with Gasteiger partial charge in [-0.2, -0.15) is 0 Å². The van der Waals surface area contributed by atoms with Crippen LogP contribution in [0.2, 0.25) is 5.02 Å². The van der Waals surface area contributed by atoms with Gasteiger partial charge in [0, 0.05) is 35.7 Å². The van der Waals surface area contributed by atoms with Crippen molar-refractivity contribution in [3.05, 3.63) is 41.9 Å². The summed E-state index contributed by atoms with van der Waals surface area (Å²) in [7, 11) is 0. The summed E-state index contributed by atoms with van der Waals surface area (Å²) in [5, 5.41) is 9.73. The van der Waals surface area contributed by atoms with Crippen molar-refractivity contribution in [1.82, 2.24) is 4.90 Å². The number of amides is 2. The molecule has 0 aromatic heterocycles. The maximum Gasteiger partial charge on any atom is 0.310 e. The van der Waals surface area contributed by atoms with Gasteiger partial charge in [0.15, 0.2) is 0 Å². The van der Waals surface area contributed by atoms with Crippen LogP contribution in [0.25, 0.3) is 0 Å². The third-order valence-corrected chi connectivity index (χ3v) is 9.57. The number of esters is 1. The topological polar surface area (TPSA) is 87.2 Å². The van der Waals surface area contributed by atoms with Crippen molar-refractivity contribution < 1.29 is 24.2 Å². The zero-order valence-electron chi connectivity index (χ0n) is 20.0. The Morgan fingerprint density at radius 1 is 1.31 bits per heavy atom. The van der Waals surface area contributed by atoms with Crippen LogP contribution in [0.5, 0.6) is 0 Å². The second kappa shape index (κ2) is 10.9. The number of unbranched alkanes of at least 4 members (excludes halogenated alkanes) is 2. The lowest BCUT2D eigenvalue weighted by molar-refractivity contribution is -0.153. The molecule has 3 heterocycles. The lowest BCUT2D eigenvalue weighted by atomic mass is 9.71. The highest BCUT2D eigenvalue weighted by atomic mass is 35.5. The van der Waals surface area contributed by atoms with Crippen molar-refractivity contribution >= 4 is 46.8 Å². The first-order chi connectivity index (χ1) is 16.9. The summed E-state index contributed by atoms with van der Waals surface area (Å²) >= 11 is 7.71. The summed E-state index contributed by atoms with van der Waals surface area (Å²) in [5.74, 6) is -1.72. The van der Waals surface area contributed by atoms with Crippen LogP contribution >= 0.6 is 23.4 Å². The Bertz CT molecular complexity index is 973. The Kier molecular flexibility index (Phi) is 8.13. The van der Waals surface area contributed by atoms with E-state index in [1.165, 1.54) is 0 Å². The molecule has 4 rings (SSSR count). The number of nitrogens with zero attached hydrogens (tertiary/aromatic N) is 2. The second-order valence-corrected chi connectivity index (χ2v) is 11.4. The monoisotopic (exact) mass is 520 g/mol. The van der Waals surface area contributed by atoms with Crippen molar-refractivity contribution in [2.24, 2.45) is 11.8 Å². The highest BCUT2D eigenvalue weighted by molar-refractivity contribution is 8.02. The lowest BCUT2D eigenvalue weighted by Crippen LogP contribution is -2.55. The molecule has 1 spiro atoms. The number of halogens is 1. The molecule has 35 heavy (non-hydrogen) atoms. The van der Waals surface area contributed by atoms with Crippen LogP contribution in [0.4, 0.5) is 5.69 Å². The molecule has 3 saturated heterocycles. The fourth-order valence-corrected chi connectivity index (χ4v) is 8.30. The van der Waals surface area contributed by atoms with Crippen molar-refractivity contribution in [3.8, 4) is 0 Å². The van der Waals surface area contributed by atoms with Gasteiger partial charge in [-0.05, 0) is 63.3 Å². The highest BCUT2D eigenvalue weighted by Crippen LogP contribution is 2.66. The fraction of sp³-hybridized carbons (Fsp3) is 0.577. The molecule has 1 aromatic rings. The zero-order chi connectivity index (χ0) is 25.2. The predicted molar refractivity (Wildman–Crippen MR) is 137 cm³/mol. The average Bonchev–Trinajstić information content (AvgIpc) is 3.48. The van der Waals surface area contributed by atoms with Crippen LogP contribution in [0.15, 0.2) is 36.9 Å². The molecule has 2 amide bonds. The third-order valence-electron chi connectivity index (χ3n) is 7.37. The Morgan fingerprint density at radius 2 is 2.06 bits per heavy atom. The molecule has 5 atom stereocenters. The average molecular weight is 521 g/mol. The second-order valence-electron chi connectivity index (χ2n) is 9.34. The van der Waals surface area contributed by atoms with Crippen LogP contribution in [-0.2, 0) is 19.1 Å². The molecule has 3 aliphatic rings. The number of thioether (sulfide) groups is 1. The Hall–Kier alpha value is -2.03. The van der Waals surface area contributed by atoms with E-state index in [1.54, 1.807) is 58.8 Å². The van der Waals surface area contributed by atoms with Gasteiger partial charge in [-0.15, -0.1) is 18.3 Å². The normalized spacial score (nSPS) is 28.8. The third kappa shape index (κ3) is 4.60. The first-order valence-electron chi connectivity index (χ1n) is 12.3. The van der Waals surface area contributed by atoms with E-state index in [9.17, 15) is 19.5 Å². The summed E-state index contributed by atoms with van der Waals surface area (Å²) in [6.07, 6.45) is 5.24. The van der Waals surface area contributed by atoms with Gasteiger partial charge in [-0.1, -0.05) is 17.7 Å². The van der Waals surface area contributed by atoms with Crippen LogP contribution < -0.4 is 4.90 Å². The number of carbonyl (C=O) groups excluding carboxylic acids is 3. The molecular weight excluding hydrogens is 488 g/mol. The van der Waals surface area contributed by atoms with E-state index < -0.39 is 22.6 Å². The number of ether oxygens (including phenoxy) is 1. The van der Waals surface area contributed by atoms with Gasteiger partial charge in [0.05, 0.1) is 23.2 Å². The summed E-state index contributed by atoms with van der Waals surface area (Å²) < 4.78 is 4.72. The van der Waals surface area contributed by atoms with Gasteiger partial charge in [0.25, 0.3) is 5.91 Å². The Labute approximate surface area is 215 Å². The van der Waals surface area contributed by atoms with E-state index in [4.69, 9.17) is 16.3 Å². The van der Waals surface area contributed by atoms with Crippen molar-refractivity contribution in [2.45, 2.75) is 55.1 Å². The first-order valence-corrected chi connectivity index (χ1v) is 13.6. The molecule has 2 bridgehead atoms. The van der Waals surface area contributed by atoms with Gasteiger partial charge >= 0.3 is 5.97 Å². The van der Waals surface area contributed by atoms with Crippen molar-refractivity contribution in [3.63, 3.8) is 0 Å². The smallest absolute Gasteiger partial charge is 0.310 e. The molecule has 3 fully saturated rings. The predicted octanol–water partition coefficient (Wildman–Crippen LogP) is 3.68. The molecule has 2 unspecified atom stereocenters. The lowest BCUT2D eigenvalue weighted by Gasteiger charge is -2.37. The van der Waals surface area contributed by atoms with E-state index in [0.717, 1.165) is 12.8 Å². The van der Waals surface area contributed by atoms with Gasteiger partial charge in [0.1, 0.15) is 6.04 Å². The minimum absolute atomic E-state index is 0.0155. The largest absolute Gasteiger partial charge is 0.466 e. The van der Waals surface area contributed by atoms with Crippen molar-refractivity contribution in [1.29, 1.82) is 0 Å². The summed E-state index contributed by atoms with van der Waals surface area (Å²) in [6, 6.07) is 6.38. The Morgan fingerprint density at radius 3 is 2.71 bits per heavy atom. The molecule has 0 saturated carbocycles. The molecule has 1 N–H and O–H groups in total. The molecule has 7 nitrogen and oxygen atoms in total. The number of carbonyl (C=O) groups is 3. The summed E-state index contributed by atoms with van der Waals surface area (Å²) in [5.41, 5.74) is 0.686. The van der Waals surface area contributed by atoms with Crippen LogP contribution in [0.3, 0.4) is 0 Å². The maximum atomic E-state index is 14.3. The molecule has 0 radical (unpaired) electrons. The molecule has 190 valence electrons. The van der Waals surface area contributed by atoms with E-state index >= 15 is 0 Å². The first kappa shape index (κ1) is 26.0. The number of likely N-dealkylation sites (tertiary alicyclic amines) is 1.